The van der Waals surface area contributed by atoms with Crippen molar-refractivity contribution >= 4 is 34.6 Å². The van der Waals surface area contributed by atoms with Crippen LogP contribution in [0.1, 0.15) is 5.56 Å². The molecule has 0 aliphatic carbocycles. The molecule has 0 radical (unpaired) electrons. The lowest BCUT2D eigenvalue weighted by atomic mass is 10.2. The minimum absolute atomic E-state index is 0.0734. The lowest BCUT2D eigenvalue weighted by Gasteiger charge is -2.37. The lowest BCUT2D eigenvalue weighted by molar-refractivity contribution is -0.384. The fourth-order valence-electron chi connectivity index (χ4n) is 3.96. The SMILES string of the molecule is O=C(CN(Cc1ccccc1)c1ccc(Cl)cc1)N1CCN(c2ccc([N+](=O)[O-])cc2)CC1. The van der Waals surface area contributed by atoms with Gasteiger partial charge in [0.15, 0.2) is 0 Å². The summed E-state index contributed by atoms with van der Waals surface area (Å²) in [5, 5.41) is 11.5. The molecule has 33 heavy (non-hydrogen) atoms. The van der Waals surface area contributed by atoms with E-state index in [4.69, 9.17) is 11.6 Å². The summed E-state index contributed by atoms with van der Waals surface area (Å²) in [6, 6.07) is 24.2. The first kappa shape index (κ1) is 22.6. The van der Waals surface area contributed by atoms with Crippen LogP contribution in [0, 0.1) is 10.1 Å². The number of hydrogen-bond acceptors (Lipinski definition) is 5. The third-order valence-corrected chi connectivity index (χ3v) is 6.04. The normalized spacial score (nSPS) is 13.6. The van der Waals surface area contributed by atoms with E-state index in [0.29, 0.717) is 37.7 Å². The Morgan fingerprint density at radius 2 is 1.55 bits per heavy atom. The Balaban J connectivity index is 1.39. The van der Waals surface area contributed by atoms with E-state index in [1.54, 1.807) is 12.1 Å². The second-order valence-corrected chi connectivity index (χ2v) is 8.40. The number of nitrogens with zero attached hydrogens (tertiary/aromatic N) is 4. The molecule has 0 N–H and O–H groups in total. The van der Waals surface area contributed by atoms with Gasteiger partial charge in [0.1, 0.15) is 0 Å². The predicted octanol–water partition coefficient (Wildman–Crippen LogP) is 4.60. The number of nitro benzene ring substituents is 1. The fourth-order valence-corrected chi connectivity index (χ4v) is 4.08. The van der Waals surface area contributed by atoms with Crippen LogP contribution in [0.2, 0.25) is 5.02 Å². The van der Waals surface area contributed by atoms with Gasteiger partial charge in [0.2, 0.25) is 5.91 Å². The summed E-state index contributed by atoms with van der Waals surface area (Å²) in [6.45, 7) is 3.47. The van der Waals surface area contributed by atoms with Crippen molar-refractivity contribution in [3.05, 3.63) is 99.6 Å². The Hall–Kier alpha value is -3.58. The maximum absolute atomic E-state index is 13.2. The Kier molecular flexibility index (Phi) is 7.10. The number of halogens is 1. The van der Waals surface area contributed by atoms with Gasteiger partial charge in [-0.3, -0.25) is 14.9 Å². The van der Waals surface area contributed by atoms with Gasteiger partial charge in [0.25, 0.3) is 5.69 Å². The molecule has 4 rings (SSSR count). The molecule has 0 saturated carbocycles. The van der Waals surface area contributed by atoms with Crippen LogP contribution in [-0.2, 0) is 11.3 Å². The largest absolute Gasteiger partial charge is 0.368 e. The summed E-state index contributed by atoms with van der Waals surface area (Å²) < 4.78 is 0. The molecular weight excluding hydrogens is 440 g/mol. The van der Waals surface area contributed by atoms with Crippen LogP contribution in [0.25, 0.3) is 0 Å². The van der Waals surface area contributed by atoms with Crippen molar-refractivity contribution in [3.8, 4) is 0 Å². The maximum Gasteiger partial charge on any atom is 0.269 e. The first-order valence-electron chi connectivity index (χ1n) is 10.8. The minimum Gasteiger partial charge on any atom is -0.368 e. The minimum atomic E-state index is -0.401. The van der Waals surface area contributed by atoms with Crippen molar-refractivity contribution < 1.29 is 9.72 Å². The molecule has 8 heteroatoms. The van der Waals surface area contributed by atoms with E-state index in [1.807, 2.05) is 47.4 Å². The second-order valence-electron chi connectivity index (χ2n) is 7.96. The number of hydrogen-bond donors (Lipinski definition) is 0. The van der Waals surface area contributed by atoms with Crippen LogP contribution in [0.15, 0.2) is 78.9 Å². The van der Waals surface area contributed by atoms with Crippen molar-refractivity contribution in [3.63, 3.8) is 0 Å². The summed E-state index contributed by atoms with van der Waals surface area (Å²) in [6.07, 6.45) is 0. The molecule has 3 aromatic rings. The standard InChI is InChI=1S/C25H25ClN4O3/c26-21-6-8-23(9-7-21)29(18-20-4-2-1-3-5-20)19-25(31)28-16-14-27(15-17-28)22-10-12-24(13-11-22)30(32)33/h1-13H,14-19H2. The molecule has 1 amide bonds. The second kappa shape index (κ2) is 10.4. The molecule has 7 nitrogen and oxygen atoms in total. The smallest absolute Gasteiger partial charge is 0.269 e. The van der Waals surface area contributed by atoms with Crippen LogP contribution >= 0.6 is 11.6 Å². The van der Waals surface area contributed by atoms with Gasteiger partial charge in [-0.05, 0) is 42.0 Å². The maximum atomic E-state index is 13.2. The van der Waals surface area contributed by atoms with Gasteiger partial charge in [-0.2, -0.15) is 0 Å². The van der Waals surface area contributed by atoms with Gasteiger partial charge >= 0.3 is 0 Å². The van der Waals surface area contributed by atoms with Gasteiger partial charge in [0, 0.05) is 61.3 Å². The molecule has 0 atom stereocenters. The zero-order chi connectivity index (χ0) is 23.2. The van der Waals surface area contributed by atoms with E-state index in [9.17, 15) is 14.9 Å². The highest BCUT2D eigenvalue weighted by molar-refractivity contribution is 6.30. The first-order valence-corrected chi connectivity index (χ1v) is 11.2. The van der Waals surface area contributed by atoms with E-state index >= 15 is 0 Å². The zero-order valence-electron chi connectivity index (χ0n) is 18.1. The molecule has 3 aromatic carbocycles. The third kappa shape index (κ3) is 5.81. The molecule has 170 valence electrons. The average Bonchev–Trinajstić information content (AvgIpc) is 2.85. The van der Waals surface area contributed by atoms with E-state index in [1.165, 1.54) is 12.1 Å². The number of nitro groups is 1. The molecule has 1 saturated heterocycles. The highest BCUT2D eigenvalue weighted by atomic mass is 35.5. The van der Waals surface area contributed by atoms with Crippen LogP contribution in [-0.4, -0.2) is 48.5 Å². The number of benzene rings is 3. The quantitative estimate of drug-likeness (QED) is 0.377. The Morgan fingerprint density at radius 1 is 0.909 bits per heavy atom. The van der Waals surface area contributed by atoms with Crippen LogP contribution in [0.4, 0.5) is 17.1 Å². The highest BCUT2D eigenvalue weighted by Crippen LogP contribution is 2.22. The molecular formula is C25H25ClN4O3. The average molecular weight is 465 g/mol. The zero-order valence-corrected chi connectivity index (χ0v) is 18.9. The van der Waals surface area contributed by atoms with E-state index in [0.717, 1.165) is 16.9 Å². The van der Waals surface area contributed by atoms with Crippen LogP contribution < -0.4 is 9.80 Å². The summed E-state index contributed by atoms with van der Waals surface area (Å²) in [5.74, 6) is 0.0734. The molecule has 1 fully saturated rings. The number of carbonyl (C=O) groups excluding carboxylic acids is 1. The Labute approximate surface area is 197 Å². The molecule has 0 spiro atoms. The van der Waals surface area contributed by atoms with Crippen molar-refractivity contribution in [1.82, 2.24) is 4.90 Å². The number of amides is 1. The molecule has 1 aliphatic rings. The summed E-state index contributed by atoms with van der Waals surface area (Å²) in [5.41, 5.74) is 3.08. The molecule has 1 aliphatic heterocycles. The van der Waals surface area contributed by atoms with Crippen molar-refractivity contribution in [2.75, 3.05) is 42.5 Å². The van der Waals surface area contributed by atoms with Gasteiger partial charge in [-0.1, -0.05) is 41.9 Å². The molecule has 0 unspecified atom stereocenters. The summed E-state index contributed by atoms with van der Waals surface area (Å²) in [4.78, 5) is 29.7. The molecule has 1 heterocycles. The van der Waals surface area contributed by atoms with Crippen LogP contribution in [0.3, 0.4) is 0 Å². The monoisotopic (exact) mass is 464 g/mol. The summed E-state index contributed by atoms with van der Waals surface area (Å²) >= 11 is 6.06. The van der Waals surface area contributed by atoms with Gasteiger partial charge < -0.3 is 14.7 Å². The number of piperazine rings is 1. The fraction of sp³-hybridized carbons (Fsp3) is 0.240. The number of carbonyl (C=O) groups is 1. The van der Waals surface area contributed by atoms with Crippen molar-refractivity contribution in [2.45, 2.75) is 6.54 Å². The Morgan fingerprint density at radius 3 is 2.15 bits per heavy atom. The van der Waals surface area contributed by atoms with Crippen molar-refractivity contribution in [1.29, 1.82) is 0 Å². The van der Waals surface area contributed by atoms with E-state index in [2.05, 4.69) is 21.9 Å². The van der Waals surface area contributed by atoms with Gasteiger partial charge in [0.05, 0.1) is 11.5 Å². The van der Waals surface area contributed by atoms with Gasteiger partial charge in [-0.25, -0.2) is 0 Å². The van der Waals surface area contributed by atoms with Crippen LogP contribution in [0.5, 0.6) is 0 Å². The molecule has 0 aromatic heterocycles. The van der Waals surface area contributed by atoms with Crippen molar-refractivity contribution in [2.24, 2.45) is 0 Å². The molecule has 0 bridgehead atoms. The Bertz CT molecular complexity index is 1080. The van der Waals surface area contributed by atoms with Gasteiger partial charge in [-0.15, -0.1) is 0 Å². The van der Waals surface area contributed by atoms with E-state index in [-0.39, 0.29) is 18.1 Å². The number of non-ortho nitro benzene ring substituents is 1. The van der Waals surface area contributed by atoms with E-state index < -0.39 is 4.92 Å². The summed E-state index contributed by atoms with van der Waals surface area (Å²) in [7, 11) is 0. The first-order chi connectivity index (χ1) is 16.0. The topological polar surface area (TPSA) is 69.9 Å². The third-order valence-electron chi connectivity index (χ3n) is 5.79. The number of rotatable bonds is 7. The highest BCUT2D eigenvalue weighted by Gasteiger charge is 2.23. The lowest BCUT2D eigenvalue weighted by Crippen LogP contribution is -2.51. The number of anilines is 2. The predicted molar refractivity (Wildman–Crippen MR) is 131 cm³/mol.